The van der Waals surface area contributed by atoms with Crippen molar-refractivity contribution in [1.82, 2.24) is 14.8 Å². The summed E-state index contributed by atoms with van der Waals surface area (Å²) in [5, 5.41) is 7.00. The number of aromatic nitrogens is 1. The van der Waals surface area contributed by atoms with Crippen LogP contribution in [-0.4, -0.2) is 40.4 Å². The van der Waals surface area contributed by atoms with Gasteiger partial charge in [0.15, 0.2) is 0 Å². The Hall–Kier alpha value is -2.41. The van der Waals surface area contributed by atoms with Gasteiger partial charge in [0.2, 0.25) is 5.43 Å². The summed E-state index contributed by atoms with van der Waals surface area (Å²) in [6, 6.07) is 1.91. The van der Waals surface area contributed by atoms with Crippen molar-refractivity contribution in [3.8, 4) is 0 Å². The van der Waals surface area contributed by atoms with E-state index in [-0.39, 0.29) is 23.1 Å². The van der Waals surface area contributed by atoms with Crippen molar-refractivity contribution >= 4 is 23.2 Å². The third-order valence-corrected chi connectivity index (χ3v) is 6.25. The van der Waals surface area contributed by atoms with Crippen molar-refractivity contribution in [2.45, 2.75) is 65.5 Å². The molecule has 0 aliphatic carbocycles. The van der Waals surface area contributed by atoms with Crippen molar-refractivity contribution < 1.29 is 9.59 Å². The Labute approximate surface area is 188 Å². The lowest BCUT2D eigenvalue weighted by Crippen LogP contribution is -2.40. The van der Waals surface area contributed by atoms with Gasteiger partial charge in [0.25, 0.3) is 11.8 Å². The minimum Gasteiger partial charge on any atom is -0.352 e. The van der Waals surface area contributed by atoms with E-state index in [0.29, 0.717) is 32.0 Å². The van der Waals surface area contributed by atoms with E-state index in [1.54, 1.807) is 28.6 Å². The first kappa shape index (κ1) is 23.3. The third-order valence-electron chi connectivity index (χ3n) is 5.52. The maximum absolute atomic E-state index is 13.2. The highest BCUT2D eigenvalue weighted by Crippen LogP contribution is 2.14. The molecule has 168 valence electrons. The lowest BCUT2D eigenvalue weighted by molar-refractivity contribution is 0.0759. The van der Waals surface area contributed by atoms with E-state index in [1.807, 2.05) is 22.9 Å². The summed E-state index contributed by atoms with van der Waals surface area (Å²) in [4.78, 5) is 41.2. The molecular weight excluding hydrogens is 410 g/mol. The fraction of sp³-hybridized carbons (Fsp3) is 0.542. The van der Waals surface area contributed by atoms with Gasteiger partial charge in [-0.2, -0.15) is 11.3 Å². The molecule has 3 heterocycles. The molecule has 1 aliphatic rings. The number of nitrogens with zero attached hydrogens (tertiary/aromatic N) is 2. The molecule has 0 radical (unpaired) electrons. The van der Waals surface area contributed by atoms with Crippen molar-refractivity contribution in [3.05, 3.63) is 56.1 Å². The number of thiophene rings is 1. The van der Waals surface area contributed by atoms with E-state index in [4.69, 9.17) is 0 Å². The monoisotopic (exact) mass is 443 g/mol. The first-order chi connectivity index (χ1) is 14.8. The summed E-state index contributed by atoms with van der Waals surface area (Å²) in [7, 11) is 0. The zero-order valence-corrected chi connectivity index (χ0v) is 19.5. The zero-order valence-electron chi connectivity index (χ0n) is 18.7. The van der Waals surface area contributed by atoms with Crippen LogP contribution in [0.15, 0.2) is 34.0 Å². The number of amides is 2. The molecule has 31 heavy (non-hydrogen) atoms. The molecule has 1 atom stereocenters. The topological polar surface area (TPSA) is 71.4 Å². The molecule has 1 fully saturated rings. The summed E-state index contributed by atoms with van der Waals surface area (Å²) in [6.45, 7) is 8.01. The molecule has 0 spiro atoms. The average Bonchev–Trinajstić information content (AvgIpc) is 3.06. The normalized spacial score (nSPS) is 15.5. The second-order valence-electron chi connectivity index (χ2n) is 8.92. The van der Waals surface area contributed by atoms with Crippen LogP contribution in [0.4, 0.5) is 0 Å². The highest BCUT2D eigenvalue weighted by molar-refractivity contribution is 7.07. The quantitative estimate of drug-likeness (QED) is 0.704. The predicted molar refractivity (Wildman–Crippen MR) is 125 cm³/mol. The maximum Gasteiger partial charge on any atom is 0.259 e. The standard InChI is InChI=1S/C24H33N3O3S/c1-17(2)13-26-14-20(23(29)25-18(3)12-19-8-11-31-16-19)22(28)21(15-26)24(30)27-9-6-4-5-7-10-27/h8,11,14-18H,4-7,9-10,12-13H2,1-3H3,(H,25,29)/t18-/m0/s1. The van der Waals surface area contributed by atoms with Crippen LogP contribution in [0.1, 0.15) is 72.7 Å². The molecule has 7 heteroatoms. The maximum atomic E-state index is 13.2. The van der Waals surface area contributed by atoms with Gasteiger partial charge in [0, 0.05) is 38.1 Å². The second-order valence-corrected chi connectivity index (χ2v) is 9.70. The Morgan fingerprint density at radius 3 is 2.35 bits per heavy atom. The number of likely N-dealkylation sites (tertiary alicyclic amines) is 1. The first-order valence-corrected chi connectivity index (χ1v) is 12.1. The van der Waals surface area contributed by atoms with Crippen LogP contribution in [0.5, 0.6) is 0 Å². The molecule has 6 nitrogen and oxygen atoms in total. The van der Waals surface area contributed by atoms with Gasteiger partial charge in [-0.3, -0.25) is 14.4 Å². The zero-order chi connectivity index (χ0) is 22.4. The highest BCUT2D eigenvalue weighted by Gasteiger charge is 2.24. The summed E-state index contributed by atoms with van der Waals surface area (Å²) in [6.07, 6.45) is 8.02. The number of carbonyl (C=O) groups excluding carboxylic acids is 2. The van der Waals surface area contributed by atoms with E-state index in [2.05, 4.69) is 24.5 Å². The molecule has 2 aromatic rings. The molecule has 0 bridgehead atoms. The van der Waals surface area contributed by atoms with Gasteiger partial charge in [0.1, 0.15) is 11.1 Å². The Morgan fingerprint density at radius 1 is 1.06 bits per heavy atom. The molecule has 0 aromatic carbocycles. The van der Waals surface area contributed by atoms with E-state index >= 15 is 0 Å². The smallest absolute Gasteiger partial charge is 0.259 e. The Kier molecular flexibility index (Phi) is 8.07. The van der Waals surface area contributed by atoms with Crippen LogP contribution in [0.2, 0.25) is 0 Å². The Balaban J connectivity index is 1.87. The van der Waals surface area contributed by atoms with Gasteiger partial charge < -0.3 is 14.8 Å². The van der Waals surface area contributed by atoms with Crippen molar-refractivity contribution in [3.63, 3.8) is 0 Å². The molecular formula is C24H33N3O3S. The lowest BCUT2D eigenvalue weighted by atomic mass is 10.1. The van der Waals surface area contributed by atoms with Gasteiger partial charge in [0.05, 0.1) is 0 Å². The first-order valence-electron chi connectivity index (χ1n) is 11.2. The fourth-order valence-electron chi connectivity index (χ4n) is 4.03. The Morgan fingerprint density at radius 2 is 1.74 bits per heavy atom. The fourth-order valence-corrected chi connectivity index (χ4v) is 4.71. The van der Waals surface area contributed by atoms with Crippen LogP contribution >= 0.6 is 11.3 Å². The number of hydrogen-bond acceptors (Lipinski definition) is 4. The molecule has 2 amide bonds. The minimum absolute atomic E-state index is 0.0403. The second kappa shape index (κ2) is 10.8. The molecule has 1 aliphatic heterocycles. The van der Waals surface area contributed by atoms with Crippen LogP contribution < -0.4 is 10.7 Å². The van der Waals surface area contributed by atoms with Gasteiger partial charge in [-0.05, 0) is 54.5 Å². The summed E-state index contributed by atoms with van der Waals surface area (Å²) in [5.41, 5.74) is 0.814. The lowest BCUT2D eigenvalue weighted by Gasteiger charge is -2.21. The van der Waals surface area contributed by atoms with Crippen LogP contribution in [-0.2, 0) is 13.0 Å². The molecule has 3 rings (SSSR count). The number of pyridine rings is 1. The van der Waals surface area contributed by atoms with Crippen LogP contribution in [0.25, 0.3) is 0 Å². The van der Waals surface area contributed by atoms with E-state index in [0.717, 1.165) is 31.2 Å². The van der Waals surface area contributed by atoms with Crippen molar-refractivity contribution in [2.24, 2.45) is 5.92 Å². The average molecular weight is 444 g/mol. The molecule has 1 saturated heterocycles. The minimum atomic E-state index is -0.477. The number of carbonyl (C=O) groups is 2. The Bertz CT molecular complexity index is 941. The number of nitrogens with one attached hydrogen (secondary N) is 1. The van der Waals surface area contributed by atoms with Gasteiger partial charge in [-0.1, -0.05) is 26.7 Å². The summed E-state index contributed by atoms with van der Waals surface area (Å²) in [5.74, 6) is -0.363. The van der Waals surface area contributed by atoms with Gasteiger partial charge in [-0.25, -0.2) is 0 Å². The summed E-state index contributed by atoms with van der Waals surface area (Å²) >= 11 is 1.62. The summed E-state index contributed by atoms with van der Waals surface area (Å²) < 4.78 is 1.82. The molecule has 2 aromatic heterocycles. The van der Waals surface area contributed by atoms with E-state index < -0.39 is 11.3 Å². The largest absolute Gasteiger partial charge is 0.352 e. The van der Waals surface area contributed by atoms with Crippen LogP contribution in [0, 0.1) is 5.92 Å². The molecule has 0 unspecified atom stereocenters. The number of hydrogen-bond donors (Lipinski definition) is 1. The van der Waals surface area contributed by atoms with Crippen molar-refractivity contribution in [2.75, 3.05) is 13.1 Å². The van der Waals surface area contributed by atoms with Crippen molar-refractivity contribution in [1.29, 1.82) is 0 Å². The van der Waals surface area contributed by atoms with Gasteiger partial charge >= 0.3 is 0 Å². The van der Waals surface area contributed by atoms with Gasteiger partial charge in [-0.15, -0.1) is 0 Å². The predicted octanol–water partition coefficient (Wildman–Crippen LogP) is 3.94. The van der Waals surface area contributed by atoms with E-state index in [9.17, 15) is 14.4 Å². The van der Waals surface area contributed by atoms with E-state index in [1.165, 1.54) is 0 Å². The SMILES string of the molecule is CC(C)Cn1cc(C(=O)N[C@@H](C)Cc2ccsc2)c(=O)c(C(=O)N2CCCCCC2)c1. The molecule has 1 N–H and O–H groups in total. The highest BCUT2D eigenvalue weighted by atomic mass is 32.1. The van der Waals surface area contributed by atoms with Crippen LogP contribution in [0.3, 0.4) is 0 Å². The number of rotatable bonds is 7. The molecule has 0 saturated carbocycles. The third kappa shape index (κ3) is 6.29.